The van der Waals surface area contributed by atoms with Crippen molar-refractivity contribution >= 4 is 15.9 Å². The quantitative estimate of drug-likeness (QED) is 0.814. The smallest absolute Gasteiger partial charge is 0.120 e. The van der Waals surface area contributed by atoms with Crippen molar-refractivity contribution in [3.63, 3.8) is 0 Å². The van der Waals surface area contributed by atoms with Crippen LogP contribution in [-0.2, 0) is 0 Å². The molecule has 21 heavy (non-hydrogen) atoms. The van der Waals surface area contributed by atoms with Crippen molar-refractivity contribution in [1.29, 1.82) is 0 Å². The van der Waals surface area contributed by atoms with Crippen LogP contribution in [0.3, 0.4) is 0 Å². The van der Waals surface area contributed by atoms with E-state index in [1.54, 1.807) is 7.11 Å². The van der Waals surface area contributed by atoms with E-state index in [1.807, 2.05) is 26.0 Å². The molecular formula is C17H22BrNO2. The Morgan fingerprint density at radius 1 is 1.24 bits per heavy atom. The van der Waals surface area contributed by atoms with Gasteiger partial charge in [-0.15, -0.1) is 0 Å². The maximum absolute atomic E-state index is 5.70. The monoisotopic (exact) mass is 351 g/mol. The third kappa shape index (κ3) is 3.69. The van der Waals surface area contributed by atoms with Crippen LogP contribution in [0.25, 0.3) is 0 Å². The van der Waals surface area contributed by atoms with Gasteiger partial charge in [-0.3, -0.25) is 0 Å². The Balaban J connectivity index is 2.42. The fourth-order valence-corrected chi connectivity index (χ4v) is 3.07. The zero-order valence-electron chi connectivity index (χ0n) is 13.0. The number of hydrogen-bond acceptors (Lipinski definition) is 3. The Morgan fingerprint density at radius 3 is 2.52 bits per heavy atom. The molecule has 0 aliphatic heterocycles. The summed E-state index contributed by atoms with van der Waals surface area (Å²) in [5, 5.41) is 3.60. The highest BCUT2D eigenvalue weighted by Gasteiger charge is 2.21. The van der Waals surface area contributed by atoms with Gasteiger partial charge in [-0.25, -0.2) is 0 Å². The normalized spacial score (nSPS) is 12.4. The Kier molecular flexibility index (Phi) is 5.48. The number of methoxy groups -OCH3 is 1. The van der Waals surface area contributed by atoms with Crippen LogP contribution in [0.1, 0.15) is 42.0 Å². The lowest BCUT2D eigenvalue weighted by atomic mass is 9.98. The molecule has 4 heteroatoms. The van der Waals surface area contributed by atoms with Gasteiger partial charge >= 0.3 is 0 Å². The average Bonchev–Trinajstić information content (AvgIpc) is 2.79. The van der Waals surface area contributed by atoms with E-state index in [-0.39, 0.29) is 6.04 Å². The molecule has 0 fully saturated rings. The summed E-state index contributed by atoms with van der Waals surface area (Å²) in [6.45, 7) is 7.12. The summed E-state index contributed by atoms with van der Waals surface area (Å²) in [5.74, 6) is 2.75. The third-order valence-corrected chi connectivity index (χ3v) is 4.19. The number of furan rings is 1. The largest absolute Gasteiger partial charge is 0.497 e. The zero-order valence-corrected chi connectivity index (χ0v) is 14.6. The maximum atomic E-state index is 5.70. The second-order valence-corrected chi connectivity index (χ2v) is 6.00. The lowest BCUT2D eigenvalue weighted by Crippen LogP contribution is -2.23. The lowest BCUT2D eigenvalue weighted by Gasteiger charge is -2.20. The Morgan fingerprint density at radius 2 is 2.00 bits per heavy atom. The van der Waals surface area contributed by atoms with Gasteiger partial charge in [0.1, 0.15) is 17.3 Å². The van der Waals surface area contributed by atoms with E-state index in [2.05, 4.69) is 40.3 Å². The maximum Gasteiger partial charge on any atom is 0.120 e. The van der Waals surface area contributed by atoms with E-state index < -0.39 is 0 Å². The topological polar surface area (TPSA) is 34.4 Å². The molecule has 0 aliphatic rings. The van der Waals surface area contributed by atoms with Gasteiger partial charge in [-0.1, -0.05) is 28.9 Å². The van der Waals surface area contributed by atoms with Crippen molar-refractivity contribution < 1.29 is 9.15 Å². The number of halogens is 1. The average molecular weight is 352 g/mol. The second kappa shape index (κ2) is 7.14. The van der Waals surface area contributed by atoms with Crippen molar-refractivity contribution in [2.24, 2.45) is 0 Å². The second-order valence-electron chi connectivity index (χ2n) is 5.14. The molecule has 2 aromatic rings. The van der Waals surface area contributed by atoms with Crippen molar-refractivity contribution in [3.05, 3.63) is 51.4 Å². The summed E-state index contributed by atoms with van der Waals surface area (Å²) in [6.07, 6.45) is 1.08. The predicted octanol–water partition coefficient (Wildman–Crippen LogP) is 4.76. The van der Waals surface area contributed by atoms with Gasteiger partial charge in [0.2, 0.25) is 0 Å². The molecule has 0 amide bonds. The van der Waals surface area contributed by atoms with Crippen LogP contribution in [0.2, 0.25) is 0 Å². The van der Waals surface area contributed by atoms with Gasteiger partial charge in [0, 0.05) is 10.0 Å². The lowest BCUT2D eigenvalue weighted by molar-refractivity contribution is 0.414. The SMILES string of the molecule is CCCNC(c1ccc(OC)cc1Br)c1cc(C)oc1C. The third-order valence-electron chi connectivity index (χ3n) is 3.51. The van der Waals surface area contributed by atoms with E-state index in [9.17, 15) is 0 Å². The molecule has 1 aromatic carbocycles. The Labute approximate surface area is 134 Å². The first-order valence-corrected chi connectivity index (χ1v) is 7.99. The van der Waals surface area contributed by atoms with Gasteiger partial charge in [0.15, 0.2) is 0 Å². The van der Waals surface area contributed by atoms with Crippen LogP contribution in [-0.4, -0.2) is 13.7 Å². The summed E-state index contributed by atoms with van der Waals surface area (Å²) in [7, 11) is 1.68. The van der Waals surface area contributed by atoms with E-state index >= 15 is 0 Å². The number of ether oxygens (including phenoxy) is 1. The number of aryl methyl sites for hydroxylation is 2. The summed E-state index contributed by atoms with van der Waals surface area (Å²) in [6, 6.07) is 8.31. The van der Waals surface area contributed by atoms with Crippen LogP contribution in [0.4, 0.5) is 0 Å². The summed E-state index contributed by atoms with van der Waals surface area (Å²) >= 11 is 3.66. The van der Waals surface area contributed by atoms with E-state index in [1.165, 1.54) is 11.1 Å². The number of hydrogen-bond donors (Lipinski definition) is 1. The minimum atomic E-state index is 0.114. The van der Waals surface area contributed by atoms with Crippen molar-refractivity contribution in [3.8, 4) is 5.75 Å². The van der Waals surface area contributed by atoms with Gasteiger partial charge in [0.05, 0.1) is 13.2 Å². The van der Waals surface area contributed by atoms with E-state index in [0.29, 0.717) is 0 Å². The van der Waals surface area contributed by atoms with Gasteiger partial charge in [0.25, 0.3) is 0 Å². The molecule has 0 spiro atoms. The first-order chi connectivity index (χ1) is 10.1. The van der Waals surface area contributed by atoms with Crippen LogP contribution in [0, 0.1) is 13.8 Å². The summed E-state index contributed by atoms with van der Waals surface area (Å²) in [4.78, 5) is 0. The van der Waals surface area contributed by atoms with Crippen LogP contribution in [0.15, 0.2) is 33.2 Å². The molecule has 1 atom stereocenters. The molecule has 0 aliphatic carbocycles. The van der Waals surface area contributed by atoms with Gasteiger partial charge in [-0.05, 0) is 50.6 Å². The molecule has 2 rings (SSSR count). The molecule has 114 valence electrons. The van der Waals surface area contributed by atoms with Crippen LogP contribution >= 0.6 is 15.9 Å². The van der Waals surface area contributed by atoms with Crippen molar-refractivity contribution in [2.45, 2.75) is 33.2 Å². The number of benzene rings is 1. The number of rotatable bonds is 6. The minimum Gasteiger partial charge on any atom is -0.497 e. The molecule has 1 heterocycles. The first-order valence-electron chi connectivity index (χ1n) is 7.20. The van der Waals surface area contributed by atoms with E-state index in [4.69, 9.17) is 9.15 Å². The zero-order chi connectivity index (χ0) is 15.4. The molecule has 0 saturated heterocycles. The fraction of sp³-hybridized carbons (Fsp3) is 0.412. The Hall–Kier alpha value is -1.26. The molecule has 1 N–H and O–H groups in total. The molecule has 1 aromatic heterocycles. The molecular weight excluding hydrogens is 330 g/mol. The molecule has 0 bridgehead atoms. The summed E-state index contributed by atoms with van der Waals surface area (Å²) < 4.78 is 12.0. The van der Waals surface area contributed by atoms with E-state index in [0.717, 1.165) is 34.7 Å². The highest BCUT2D eigenvalue weighted by Crippen LogP contribution is 2.34. The van der Waals surface area contributed by atoms with Crippen LogP contribution < -0.4 is 10.1 Å². The standard InChI is InChI=1S/C17H22BrNO2/c1-5-8-19-17(15-9-11(2)21-12(15)3)14-7-6-13(20-4)10-16(14)18/h6-7,9-10,17,19H,5,8H2,1-4H3. The first kappa shape index (κ1) is 16.1. The van der Waals surface area contributed by atoms with Crippen LogP contribution in [0.5, 0.6) is 5.75 Å². The number of nitrogens with one attached hydrogen (secondary N) is 1. The molecule has 0 saturated carbocycles. The van der Waals surface area contributed by atoms with Crippen molar-refractivity contribution in [1.82, 2.24) is 5.32 Å². The Bertz CT molecular complexity index is 607. The minimum absolute atomic E-state index is 0.114. The molecule has 0 radical (unpaired) electrons. The highest BCUT2D eigenvalue weighted by molar-refractivity contribution is 9.10. The predicted molar refractivity (Wildman–Crippen MR) is 89.0 cm³/mol. The summed E-state index contributed by atoms with van der Waals surface area (Å²) in [5.41, 5.74) is 2.37. The molecule has 3 nitrogen and oxygen atoms in total. The fourth-order valence-electron chi connectivity index (χ4n) is 2.48. The highest BCUT2D eigenvalue weighted by atomic mass is 79.9. The van der Waals surface area contributed by atoms with Crippen molar-refractivity contribution in [2.75, 3.05) is 13.7 Å². The van der Waals surface area contributed by atoms with Gasteiger partial charge in [-0.2, -0.15) is 0 Å². The van der Waals surface area contributed by atoms with Gasteiger partial charge < -0.3 is 14.5 Å². The molecule has 1 unspecified atom stereocenters.